The van der Waals surface area contributed by atoms with Crippen LogP contribution in [0.1, 0.15) is 23.9 Å². The minimum atomic E-state index is -0.513. The smallest absolute Gasteiger partial charge is 0.275 e. The minimum absolute atomic E-state index is 0.102. The third-order valence-corrected chi connectivity index (χ3v) is 5.67. The molecular formula is C22H19N7O2S. The van der Waals surface area contributed by atoms with Crippen molar-refractivity contribution in [3.8, 4) is 17.5 Å². The number of amides is 2. The van der Waals surface area contributed by atoms with Gasteiger partial charge >= 0.3 is 0 Å². The maximum Gasteiger partial charge on any atom is 0.275 e. The van der Waals surface area contributed by atoms with Crippen LogP contribution in [-0.2, 0) is 16.1 Å². The topological polar surface area (TPSA) is 117 Å². The Hall–Kier alpha value is -3.97. The number of hydrogen-bond donors (Lipinski definition) is 1. The summed E-state index contributed by atoms with van der Waals surface area (Å²) >= 11 is 1.29. The van der Waals surface area contributed by atoms with Crippen molar-refractivity contribution in [2.75, 3.05) is 11.7 Å². The predicted octanol–water partition coefficient (Wildman–Crippen LogP) is 2.93. The van der Waals surface area contributed by atoms with E-state index in [-0.39, 0.29) is 11.4 Å². The fourth-order valence-corrected chi connectivity index (χ4v) is 3.75. The van der Waals surface area contributed by atoms with Gasteiger partial charge in [0, 0.05) is 36.2 Å². The first-order chi connectivity index (χ1) is 15.4. The van der Waals surface area contributed by atoms with Gasteiger partial charge in [-0.15, -0.1) is 11.8 Å². The highest BCUT2D eigenvalue weighted by Crippen LogP contribution is 2.28. The lowest BCUT2D eigenvalue weighted by Crippen LogP contribution is -2.37. The molecule has 0 radical (unpaired) electrons. The van der Waals surface area contributed by atoms with Gasteiger partial charge in [-0.1, -0.05) is 24.3 Å². The molecule has 2 aromatic heterocycles. The number of hydrazine groups is 1. The van der Waals surface area contributed by atoms with Crippen molar-refractivity contribution in [2.45, 2.75) is 25.4 Å². The van der Waals surface area contributed by atoms with Crippen LogP contribution < -0.4 is 5.43 Å². The van der Waals surface area contributed by atoms with Crippen LogP contribution in [0.15, 0.2) is 53.3 Å². The monoisotopic (exact) mass is 445 g/mol. The summed E-state index contributed by atoms with van der Waals surface area (Å²) in [5.41, 5.74) is 5.01. The molecule has 1 aliphatic rings. The number of hydrogen-bond acceptors (Lipinski definition) is 8. The van der Waals surface area contributed by atoms with E-state index in [2.05, 4.69) is 26.4 Å². The Balaban J connectivity index is 1.66. The van der Waals surface area contributed by atoms with Crippen LogP contribution in [0.5, 0.6) is 0 Å². The number of nitrogens with one attached hydrogen (secondary N) is 1. The number of aromatic nitrogens is 4. The number of thioether (sulfide) groups is 1. The van der Waals surface area contributed by atoms with Crippen LogP contribution in [0.2, 0.25) is 0 Å². The van der Waals surface area contributed by atoms with Crippen molar-refractivity contribution in [2.24, 2.45) is 0 Å². The summed E-state index contributed by atoms with van der Waals surface area (Å²) in [5.74, 6) is 0.417. The Morgan fingerprint density at radius 1 is 1.16 bits per heavy atom. The molecule has 0 saturated heterocycles. The summed E-state index contributed by atoms with van der Waals surface area (Å²) in [4.78, 5) is 37.6. The molecule has 4 rings (SSSR count). The first kappa shape index (κ1) is 21.3. The van der Waals surface area contributed by atoms with E-state index in [1.807, 2.05) is 42.0 Å². The first-order valence-corrected chi connectivity index (χ1v) is 10.9. The van der Waals surface area contributed by atoms with E-state index < -0.39 is 11.8 Å². The van der Waals surface area contributed by atoms with Crippen LogP contribution in [0.25, 0.3) is 11.4 Å². The number of carbonyl (C=O) groups is 2. The van der Waals surface area contributed by atoms with Crippen LogP contribution in [0, 0.1) is 18.3 Å². The third-order valence-electron chi connectivity index (χ3n) is 4.99. The Morgan fingerprint density at radius 3 is 2.47 bits per heavy atom. The van der Waals surface area contributed by atoms with Crippen molar-refractivity contribution in [3.63, 3.8) is 0 Å². The number of imidazole rings is 1. The lowest BCUT2D eigenvalue weighted by molar-refractivity contribution is -0.135. The number of anilines is 1. The van der Waals surface area contributed by atoms with Crippen molar-refractivity contribution in [1.82, 2.24) is 24.5 Å². The van der Waals surface area contributed by atoms with E-state index in [0.717, 1.165) is 22.0 Å². The average Bonchev–Trinajstić information content (AvgIpc) is 3.30. The van der Waals surface area contributed by atoms with Gasteiger partial charge in [0.1, 0.15) is 22.5 Å². The van der Waals surface area contributed by atoms with E-state index in [9.17, 15) is 14.9 Å². The van der Waals surface area contributed by atoms with Crippen LogP contribution in [0.4, 0.5) is 5.82 Å². The van der Waals surface area contributed by atoms with Gasteiger partial charge in [-0.2, -0.15) is 10.3 Å². The zero-order valence-corrected chi connectivity index (χ0v) is 18.5. The molecule has 0 atom stereocenters. The molecule has 0 spiro atoms. The molecule has 3 heterocycles. The molecule has 10 heteroatoms. The highest BCUT2D eigenvalue weighted by atomic mass is 32.2. The van der Waals surface area contributed by atoms with Crippen molar-refractivity contribution < 1.29 is 9.59 Å². The molecular weight excluding hydrogens is 426 g/mol. The summed E-state index contributed by atoms with van der Waals surface area (Å²) in [6.07, 6.45) is 6.72. The number of imide groups is 1. The van der Waals surface area contributed by atoms with Gasteiger partial charge in [0.05, 0.1) is 0 Å². The minimum Gasteiger partial charge on any atom is -0.331 e. The molecule has 0 saturated carbocycles. The number of nitriles is 1. The van der Waals surface area contributed by atoms with Gasteiger partial charge < -0.3 is 4.57 Å². The fraction of sp³-hybridized carbons (Fsp3) is 0.182. The molecule has 160 valence electrons. The van der Waals surface area contributed by atoms with Crippen molar-refractivity contribution >= 4 is 29.4 Å². The van der Waals surface area contributed by atoms with Gasteiger partial charge in [-0.25, -0.2) is 15.0 Å². The maximum absolute atomic E-state index is 12.3. The quantitative estimate of drug-likeness (QED) is 0.350. The van der Waals surface area contributed by atoms with Gasteiger partial charge in [0.15, 0.2) is 11.6 Å². The molecule has 32 heavy (non-hydrogen) atoms. The van der Waals surface area contributed by atoms with E-state index in [4.69, 9.17) is 0 Å². The Kier molecular flexibility index (Phi) is 5.75. The highest BCUT2D eigenvalue weighted by molar-refractivity contribution is 7.98. The second kappa shape index (κ2) is 8.64. The molecule has 0 unspecified atom stereocenters. The number of aryl methyl sites for hydroxylation is 1. The van der Waals surface area contributed by atoms with Crippen LogP contribution >= 0.6 is 11.8 Å². The summed E-state index contributed by atoms with van der Waals surface area (Å²) in [6.45, 7) is 4.19. The zero-order chi connectivity index (χ0) is 22.8. The summed E-state index contributed by atoms with van der Waals surface area (Å²) in [5, 5.41) is 10.9. The van der Waals surface area contributed by atoms with E-state index in [1.165, 1.54) is 17.8 Å². The van der Waals surface area contributed by atoms with E-state index >= 15 is 0 Å². The van der Waals surface area contributed by atoms with Gasteiger partial charge in [0.25, 0.3) is 11.8 Å². The van der Waals surface area contributed by atoms with Crippen molar-refractivity contribution in [1.29, 1.82) is 5.26 Å². The van der Waals surface area contributed by atoms with Gasteiger partial charge in [-0.05, 0) is 25.7 Å². The van der Waals surface area contributed by atoms with E-state index in [0.29, 0.717) is 23.0 Å². The Labute approximate surface area is 188 Å². The van der Waals surface area contributed by atoms with E-state index in [1.54, 1.807) is 19.4 Å². The highest BCUT2D eigenvalue weighted by Gasteiger charge is 2.30. The molecule has 1 N–H and O–H groups in total. The molecule has 9 nitrogen and oxygen atoms in total. The lowest BCUT2D eigenvalue weighted by Gasteiger charge is -2.18. The molecule has 0 aliphatic carbocycles. The second-order valence-electron chi connectivity index (χ2n) is 7.11. The maximum atomic E-state index is 12.3. The molecule has 0 fully saturated rings. The number of rotatable bonds is 6. The summed E-state index contributed by atoms with van der Waals surface area (Å²) in [6, 6.07) is 9.81. The number of benzene rings is 1. The molecule has 3 aromatic rings. The third kappa shape index (κ3) is 3.98. The Bertz CT molecular complexity index is 1290. The standard InChI is InChI=1S/C22H19N7O2S/c1-13-10-18(30)29(22(13)31)27-20-17(11-23)21(32-3)26-19(25-20)16-6-4-15(5-7-16)12-28-9-8-24-14(28)2/h4-10H,12H2,1-3H3,(H,25,26,27). The largest absolute Gasteiger partial charge is 0.331 e. The molecule has 2 amide bonds. The number of carbonyl (C=O) groups excluding carboxylic acids is 2. The average molecular weight is 446 g/mol. The molecule has 1 aliphatic heterocycles. The summed E-state index contributed by atoms with van der Waals surface area (Å²) < 4.78 is 2.04. The van der Waals surface area contributed by atoms with Crippen molar-refractivity contribution in [3.05, 3.63) is 65.3 Å². The van der Waals surface area contributed by atoms with Gasteiger partial charge in [-0.3, -0.25) is 15.0 Å². The first-order valence-electron chi connectivity index (χ1n) is 9.67. The van der Waals surface area contributed by atoms with Crippen LogP contribution in [-0.4, -0.2) is 42.6 Å². The SMILES string of the molecule is CSc1nc(-c2ccc(Cn3ccnc3C)cc2)nc(NN2C(=O)C=C(C)C2=O)c1C#N. The fourth-order valence-electron chi connectivity index (χ4n) is 3.23. The lowest BCUT2D eigenvalue weighted by atomic mass is 10.1. The summed E-state index contributed by atoms with van der Waals surface area (Å²) in [7, 11) is 0. The zero-order valence-electron chi connectivity index (χ0n) is 17.7. The number of nitrogens with zero attached hydrogens (tertiary/aromatic N) is 6. The van der Waals surface area contributed by atoms with Gasteiger partial charge in [0.2, 0.25) is 0 Å². The second-order valence-corrected chi connectivity index (χ2v) is 7.90. The predicted molar refractivity (Wildman–Crippen MR) is 119 cm³/mol. The van der Waals surface area contributed by atoms with Crippen LogP contribution in [0.3, 0.4) is 0 Å². The molecule has 0 bridgehead atoms. The Morgan fingerprint density at radius 2 is 1.91 bits per heavy atom. The normalized spacial score (nSPS) is 13.3. The molecule has 1 aromatic carbocycles.